The molecule has 2 heteroatoms. The van der Waals surface area contributed by atoms with Crippen LogP contribution in [0.25, 0.3) is 0 Å². The molecule has 0 bridgehead atoms. The van der Waals surface area contributed by atoms with Gasteiger partial charge in [0.15, 0.2) is 0 Å². The molecule has 1 aliphatic carbocycles. The van der Waals surface area contributed by atoms with Gasteiger partial charge in [0.25, 0.3) is 0 Å². The Balaban J connectivity index is 1.98. The summed E-state index contributed by atoms with van der Waals surface area (Å²) in [5.74, 6) is 1.05. The predicted octanol–water partition coefficient (Wildman–Crippen LogP) is 2.94. The summed E-state index contributed by atoms with van der Waals surface area (Å²) in [5.41, 5.74) is 0. The van der Waals surface area contributed by atoms with Crippen molar-refractivity contribution in [2.45, 2.75) is 24.1 Å². The summed E-state index contributed by atoms with van der Waals surface area (Å²) in [4.78, 5) is 0.718. The van der Waals surface area contributed by atoms with E-state index in [0.29, 0.717) is 0 Å². The van der Waals surface area contributed by atoms with Gasteiger partial charge in [-0.1, -0.05) is 44.7 Å². The molecule has 1 aliphatic rings. The molecule has 1 rings (SSSR count). The second-order valence-electron chi connectivity index (χ2n) is 2.43. The first kappa shape index (κ1) is 7.07. The van der Waals surface area contributed by atoms with Crippen LogP contribution in [0.2, 0.25) is 0 Å². The highest BCUT2D eigenvalue weighted by atomic mass is 79.9. The van der Waals surface area contributed by atoms with Gasteiger partial charge >= 0.3 is 0 Å². The zero-order valence-electron chi connectivity index (χ0n) is 4.74. The lowest BCUT2D eigenvalue weighted by atomic mass is 10.2. The largest absolute Gasteiger partial charge is 0.0916 e. The fourth-order valence-electron chi connectivity index (χ4n) is 0.778. The van der Waals surface area contributed by atoms with Crippen LogP contribution in [0.3, 0.4) is 0 Å². The van der Waals surface area contributed by atoms with Gasteiger partial charge in [0, 0.05) is 10.2 Å². The molecule has 8 heavy (non-hydrogen) atoms. The highest BCUT2D eigenvalue weighted by molar-refractivity contribution is 9.12. The summed E-state index contributed by atoms with van der Waals surface area (Å²) in [7, 11) is 0. The van der Waals surface area contributed by atoms with Crippen molar-refractivity contribution in [1.29, 1.82) is 0 Å². The second-order valence-corrected chi connectivity index (χ2v) is 4.37. The summed E-state index contributed by atoms with van der Waals surface area (Å²) in [5, 5.41) is 1.10. The Labute approximate surface area is 67.3 Å². The van der Waals surface area contributed by atoms with Gasteiger partial charge < -0.3 is 0 Å². The maximum atomic E-state index is 3.57. The molecule has 0 aromatic rings. The van der Waals surface area contributed by atoms with Crippen molar-refractivity contribution in [3.05, 3.63) is 0 Å². The predicted molar refractivity (Wildman–Crippen MR) is 43.9 cm³/mol. The van der Waals surface area contributed by atoms with E-state index in [0.717, 1.165) is 16.1 Å². The first-order valence-corrected chi connectivity index (χ1v) is 5.06. The van der Waals surface area contributed by atoms with E-state index < -0.39 is 0 Å². The standard InChI is InChI=1S/C6H10Br2/c7-4-6(8)3-5-1-2-5/h5-6H,1-4H2. The molecular weight excluding hydrogens is 232 g/mol. The first-order valence-electron chi connectivity index (χ1n) is 3.03. The molecule has 48 valence electrons. The topological polar surface area (TPSA) is 0 Å². The molecular formula is C6H10Br2. The lowest BCUT2D eigenvalue weighted by Crippen LogP contribution is -1.98. The molecule has 0 nitrogen and oxygen atoms in total. The maximum Gasteiger partial charge on any atom is 0.0245 e. The van der Waals surface area contributed by atoms with Crippen molar-refractivity contribution in [3.8, 4) is 0 Å². The number of halogens is 2. The van der Waals surface area contributed by atoms with Crippen LogP contribution >= 0.6 is 31.9 Å². The van der Waals surface area contributed by atoms with Gasteiger partial charge in [-0.2, -0.15) is 0 Å². The Hall–Kier alpha value is 0.960. The minimum Gasteiger partial charge on any atom is -0.0916 e. The zero-order chi connectivity index (χ0) is 5.98. The van der Waals surface area contributed by atoms with Crippen LogP contribution in [0.4, 0.5) is 0 Å². The van der Waals surface area contributed by atoms with Crippen LogP contribution in [0, 0.1) is 5.92 Å². The Morgan fingerprint density at radius 2 is 2.12 bits per heavy atom. The number of hydrogen-bond acceptors (Lipinski definition) is 0. The lowest BCUT2D eigenvalue weighted by molar-refractivity contribution is 0.736. The number of rotatable bonds is 3. The lowest BCUT2D eigenvalue weighted by Gasteiger charge is -2.00. The van der Waals surface area contributed by atoms with Crippen molar-refractivity contribution < 1.29 is 0 Å². The molecule has 0 heterocycles. The van der Waals surface area contributed by atoms with Gasteiger partial charge in [-0.25, -0.2) is 0 Å². The molecule has 0 spiro atoms. The van der Waals surface area contributed by atoms with Crippen LogP contribution in [-0.4, -0.2) is 10.2 Å². The quantitative estimate of drug-likeness (QED) is 0.667. The van der Waals surface area contributed by atoms with E-state index in [-0.39, 0.29) is 0 Å². The summed E-state index contributed by atoms with van der Waals surface area (Å²) >= 11 is 6.99. The molecule has 1 fully saturated rings. The van der Waals surface area contributed by atoms with Gasteiger partial charge in [0.05, 0.1) is 0 Å². The van der Waals surface area contributed by atoms with E-state index >= 15 is 0 Å². The molecule has 0 aromatic carbocycles. The summed E-state index contributed by atoms with van der Waals surface area (Å²) in [6.45, 7) is 0. The van der Waals surface area contributed by atoms with Crippen LogP contribution in [0.15, 0.2) is 0 Å². The normalized spacial score (nSPS) is 23.2. The zero-order valence-corrected chi connectivity index (χ0v) is 7.91. The van der Waals surface area contributed by atoms with E-state index in [1.54, 1.807) is 0 Å². The van der Waals surface area contributed by atoms with E-state index in [2.05, 4.69) is 31.9 Å². The van der Waals surface area contributed by atoms with Crippen LogP contribution in [0.5, 0.6) is 0 Å². The molecule has 0 N–H and O–H groups in total. The van der Waals surface area contributed by atoms with Crippen molar-refractivity contribution in [2.75, 3.05) is 5.33 Å². The first-order chi connectivity index (χ1) is 3.83. The molecule has 1 saturated carbocycles. The summed E-state index contributed by atoms with van der Waals surface area (Å²) in [6.07, 6.45) is 4.30. The highest BCUT2D eigenvalue weighted by Crippen LogP contribution is 2.35. The molecule has 1 unspecified atom stereocenters. The monoisotopic (exact) mass is 240 g/mol. The van der Waals surface area contributed by atoms with Gasteiger partial charge in [0.2, 0.25) is 0 Å². The number of alkyl halides is 2. The van der Waals surface area contributed by atoms with Crippen molar-refractivity contribution in [3.63, 3.8) is 0 Å². The number of hydrogen-bond donors (Lipinski definition) is 0. The highest BCUT2D eigenvalue weighted by Gasteiger charge is 2.23. The summed E-state index contributed by atoms with van der Waals surface area (Å²) < 4.78 is 0. The van der Waals surface area contributed by atoms with E-state index in [1.165, 1.54) is 19.3 Å². The van der Waals surface area contributed by atoms with Gasteiger partial charge in [0.1, 0.15) is 0 Å². The fraction of sp³-hybridized carbons (Fsp3) is 1.00. The Morgan fingerprint density at radius 3 is 2.50 bits per heavy atom. The minimum absolute atomic E-state index is 0.718. The van der Waals surface area contributed by atoms with Crippen LogP contribution in [0.1, 0.15) is 19.3 Å². The molecule has 0 radical (unpaired) electrons. The van der Waals surface area contributed by atoms with Crippen molar-refractivity contribution in [2.24, 2.45) is 5.92 Å². The van der Waals surface area contributed by atoms with E-state index in [9.17, 15) is 0 Å². The second kappa shape index (κ2) is 3.21. The smallest absolute Gasteiger partial charge is 0.0245 e. The fourth-order valence-corrected chi connectivity index (χ4v) is 1.57. The average molecular weight is 242 g/mol. The third kappa shape index (κ3) is 2.49. The van der Waals surface area contributed by atoms with E-state index in [1.807, 2.05) is 0 Å². The molecule has 0 aromatic heterocycles. The minimum atomic E-state index is 0.718. The third-order valence-corrected chi connectivity index (χ3v) is 3.80. The SMILES string of the molecule is BrCC(Br)CC1CC1. The Morgan fingerprint density at radius 1 is 1.50 bits per heavy atom. The van der Waals surface area contributed by atoms with Crippen LogP contribution < -0.4 is 0 Å². The van der Waals surface area contributed by atoms with Crippen LogP contribution in [-0.2, 0) is 0 Å². The van der Waals surface area contributed by atoms with Crippen molar-refractivity contribution >= 4 is 31.9 Å². The molecule has 0 amide bonds. The Kier molecular flexibility index (Phi) is 2.84. The van der Waals surface area contributed by atoms with Gasteiger partial charge in [-0.3, -0.25) is 0 Å². The summed E-state index contributed by atoms with van der Waals surface area (Å²) in [6, 6.07) is 0. The molecule has 0 aliphatic heterocycles. The molecule has 1 atom stereocenters. The van der Waals surface area contributed by atoms with Gasteiger partial charge in [-0.15, -0.1) is 0 Å². The van der Waals surface area contributed by atoms with Gasteiger partial charge in [-0.05, 0) is 12.3 Å². The third-order valence-electron chi connectivity index (χ3n) is 1.45. The Bertz CT molecular complexity index is 68.9. The maximum absolute atomic E-state index is 3.57. The van der Waals surface area contributed by atoms with Crippen molar-refractivity contribution in [1.82, 2.24) is 0 Å². The van der Waals surface area contributed by atoms with E-state index in [4.69, 9.17) is 0 Å². The average Bonchev–Trinajstić information content (AvgIpc) is 2.50. The molecule has 0 saturated heterocycles.